The van der Waals surface area contributed by atoms with Crippen molar-refractivity contribution in [2.75, 3.05) is 26.5 Å². The van der Waals surface area contributed by atoms with Crippen LogP contribution in [0.15, 0.2) is 0 Å². The second-order valence-electron chi connectivity index (χ2n) is 8.11. The molecule has 0 fully saturated rings. The van der Waals surface area contributed by atoms with Crippen molar-refractivity contribution in [1.29, 1.82) is 0 Å². The van der Waals surface area contributed by atoms with Gasteiger partial charge in [-0.15, -0.1) is 0 Å². The van der Waals surface area contributed by atoms with Crippen LogP contribution in [0.3, 0.4) is 0 Å². The Hall–Kier alpha value is -2.83. The molecule has 2 atom stereocenters. The summed E-state index contributed by atoms with van der Waals surface area (Å²) >= 11 is 0.888. The van der Waals surface area contributed by atoms with Gasteiger partial charge < -0.3 is 30.2 Å². The maximum atomic E-state index is 12.5. The fraction of sp³-hybridized carbons (Fsp3) is 0.714. The van der Waals surface area contributed by atoms with Gasteiger partial charge in [-0.1, -0.05) is 18.7 Å². The first-order valence-electron chi connectivity index (χ1n) is 10.7. The Morgan fingerprint density at radius 1 is 0.912 bits per heavy atom. The van der Waals surface area contributed by atoms with E-state index < -0.39 is 54.1 Å². The number of carbonyl (C=O) groups excluding carboxylic acids is 6. The fourth-order valence-corrected chi connectivity index (χ4v) is 3.31. The molecule has 0 aromatic carbocycles. The lowest BCUT2D eigenvalue weighted by molar-refractivity contribution is -0.143. The normalized spacial score (nSPS) is 12.5. The van der Waals surface area contributed by atoms with Crippen LogP contribution in [0.4, 0.5) is 4.79 Å². The minimum absolute atomic E-state index is 0.0475. The molecular weight excluding hydrogens is 470 g/mol. The molecule has 0 rings (SSSR count). The van der Waals surface area contributed by atoms with Gasteiger partial charge in [-0.3, -0.25) is 19.2 Å². The largest absolute Gasteiger partial charge is 0.468 e. The van der Waals surface area contributed by atoms with Crippen molar-refractivity contribution in [3.63, 3.8) is 0 Å². The van der Waals surface area contributed by atoms with E-state index in [4.69, 9.17) is 4.74 Å². The molecule has 0 aliphatic carbocycles. The Bertz CT molecular complexity index is 737. The molecule has 0 radical (unpaired) electrons. The average molecular weight is 506 g/mol. The van der Waals surface area contributed by atoms with Crippen molar-refractivity contribution in [2.45, 2.75) is 71.1 Å². The summed E-state index contributed by atoms with van der Waals surface area (Å²) in [5.74, 6) is -2.78. The number of nitrogens with one attached hydrogen (secondary N) is 3. The number of hydrogen-bond donors (Lipinski definition) is 3. The van der Waals surface area contributed by atoms with Gasteiger partial charge >= 0.3 is 18.0 Å². The quantitative estimate of drug-likeness (QED) is 0.239. The number of rotatable bonds is 13. The summed E-state index contributed by atoms with van der Waals surface area (Å²) < 4.78 is 14.2. The van der Waals surface area contributed by atoms with E-state index in [0.29, 0.717) is 12.8 Å². The zero-order valence-electron chi connectivity index (χ0n) is 20.5. The van der Waals surface area contributed by atoms with E-state index in [9.17, 15) is 28.8 Å². The molecule has 194 valence electrons. The van der Waals surface area contributed by atoms with Crippen LogP contribution in [-0.2, 0) is 38.2 Å². The third-order valence-electron chi connectivity index (χ3n) is 3.99. The Labute approximate surface area is 203 Å². The molecule has 0 bridgehead atoms. The molecule has 34 heavy (non-hydrogen) atoms. The van der Waals surface area contributed by atoms with Gasteiger partial charge in [0.15, 0.2) is 5.12 Å². The molecule has 12 nitrogen and oxygen atoms in total. The molecule has 0 aromatic rings. The Balaban J connectivity index is 5.09. The van der Waals surface area contributed by atoms with Crippen LogP contribution >= 0.6 is 11.8 Å². The molecular formula is C21H35N3O9S. The van der Waals surface area contributed by atoms with Crippen molar-refractivity contribution >= 4 is 46.7 Å². The molecule has 0 unspecified atom stereocenters. The van der Waals surface area contributed by atoms with Crippen LogP contribution in [-0.4, -0.2) is 79.2 Å². The average Bonchev–Trinajstić information content (AvgIpc) is 2.75. The standard InChI is InChI=1S/C21H35N3O9S/c1-7-8-17(27)34-12-14(18(28)22-11-16(26)31-5)23-15(25)10-9-13(19(29)32-6)24-20(30)33-21(2,3)4/h13-14H,7-12H2,1-6H3,(H,22,28)(H,23,25)(H,24,30)/t13-,14-/m0/s1. The fourth-order valence-electron chi connectivity index (χ4n) is 2.37. The molecule has 0 saturated heterocycles. The van der Waals surface area contributed by atoms with Gasteiger partial charge in [0.05, 0.1) is 14.2 Å². The highest BCUT2D eigenvalue weighted by Gasteiger charge is 2.27. The van der Waals surface area contributed by atoms with Gasteiger partial charge in [-0.25, -0.2) is 9.59 Å². The number of thioether (sulfide) groups is 1. The molecule has 3 amide bonds. The Morgan fingerprint density at radius 2 is 1.56 bits per heavy atom. The molecule has 0 aliphatic heterocycles. The first-order chi connectivity index (χ1) is 15.8. The SMILES string of the molecule is CCCC(=O)SC[C@H](NC(=O)CC[C@H](NC(=O)OC(C)(C)C)C(=O)OC)C(=O)NCC(=O)OC. The predicted octanol–water partition coefficient (Wildman–Crippen LogP) is 0.667. The highest BCUT2D eigenvalue weighted by molar-refractivity contribution is 8.13. The van der Waals surface area contributed by atoms with Gasteiger partial charge in [-0.2, -0.15) is 0 Å². The highest BCUT2D eigenvalue weighted by atomic mass is 32.2. The molecule has 0 aromatic heterocycles. The van der Waals surface area contributed by atoms with Gasteiger partial charge in [0.2, 0.25) is 11.8 Å². The minimum Gasteiger partial charge on any atom is -0.468 e. The van der Waals surface area contributed by atoms with Gasteiger partial charge in [0.25, 0.3) is 0 Å². The summed E-state index contributed by atoms with van der Waals surface area (Å²) in [5.41, 5.74) is -0.792. The lowest BCUT2D eigenvalue weighted by Gasteiger charge is -2.23. The summed E-state index contributed by atoms with van der Waals surface area (Å²) in [6.45, 7) is 6.40. The van der Waals surface area contributed by atoms with E-state index in [1.807, 2.05) is 6.92 Å². The third kappa shape index (κ3) is 14.3. The van der Waals surface area contributed by atoms with Crippen LogP contribution in [0.5, 0.6) is 0 Å². The first-order valence-corrected chi connectivity index (χ1v) is 11.7. The van der Waals surface area contributed by atoms with Crippen molar-refractivity contribution in [3.05, 3.63) is 0 Å². The Kier molecular flexibility index (Phi) is 14.6. The van der Waals surface area contributed by atoms with Crippen LogP contribution in [0.25, 0.3) is 0 Å². The number of hydrogen-bond acceptors (Lipinski definition) is 10. The first kappa shape index (κ1) is 31.2. The molecule has 0 aliphatic rings. The summed E-state index contributed by atoms with van der Waals surface area (Å²) in [6.07, 6.45) is -0.280. The maximum absolute atomic E-state index is 12.5. The van der Waals surface area contributed by atoms with E-state index in [-0.39, 0.29) is 23.7 Å². The molecule has 0 heterocycles. The Morgan fingerprint density at radius 3 is 2.09 bits per heavy atom. The van der Waals surface area contributed by atoms with Crippen LogP contribution < -0.4 is 16.0 Å². The zero-order chi connectivity index (χ0) is 26.3. The van der Waals surface area contributed by atoms with Gasteiger partial charge in [0.1, 0.15) is 24.2 Å². The van der Waals surface area contributed by atoms with Crippen molar-refractivity contribution < 1.29 is 43.0 Å². The molecule has 13 heteroatoms. The van der Waals surface area contributed by atoms with Gasteiger partial charge in [-0.05, 0) is 33.6 Å². The second kappa shape index (κ2) is 15.9. The van der Waals surface area contributed by atoms with E-state index in [2.05, 4.69) is 25.4 Å². The maximum Gasteiger partial charge on any atom is 0.408 e. The lowest BCUT2D eigenvalue weighted by atomic mass is 10.1. The number of alkyl carbamates (subject to hydrolysis) is 1. The summed E-state index contributed by atoms with van der Waals surface area (Å²) in [7, 11) is 2.30. The van der Waals surface area contributed by atoms with E-state index in [1.165, 1.54) is 0 Å². The summed E-state index contributed by atoms with van der Waals surface area (Å²) in [4.78, 5) is 72.0. The monoisotopic (exact) mass is 505 g/mol. The lowest BCUT2D eigenvalue weighted by Crippen LogP contribution is -2.50. The van der Waals surface area contributed by atoms with E-state index in [1.54, 1.807) is 20.8 Å². The van der Waals surface area contributed by atoms with Crippen LogP contribution in [0.1, 0.15) is 53.4 Å². The topological polar surface area (TPSA) is 166 Å². The van der Waals surface area contributed by atoms with Crippen molar-refractivity contribution in [1.82, 2.24) is 16.0 Å². The third-order valence-corrected chi connectivity index (χ3v) is 5.01. The second-order valence-corrected chi connectivity index (χ2v) is 9.19. The molecule has 0 saturated carbocycles. The summed E-state index contributed by atoms with van der Waals surface area (Å²) in [5, 5.41) is 7.03. The molecule has 3 N–H and O–H groups in total. The summed E-state index contributed by atoms with van der Waals surface area (Å²) in [6, 6.07) is -2.27. The number of methoxy groups -OCH3 is 2. The van der Waals surface area contributed by atoms with Crippen LogP contribution in [0, 0.1) is 0 Å². The minimum atomic E-state index is -1.15. The van der Waals surface area contributed by atoms with E-state index >= 15 is 0 Å². The molecule has 0 spiro atoms. The number of amides is 3. The highest BCUT2D eigenvalue weighted by Crippen LogP contribution is 2.11. The number of ether oxygens (including phenoxy) is 3. The number of esters is 2. The zero-order valence-corrected chi connectivity index (χ0v) is 21.3. The van der Waals surface area contributed by atoms with Gasteiger partial charge in [0, 0.05) is 18.6 Å². The smallest absolute Gasteiger partial charge is 0.408 e. The predicted molar refractivity (Wildman–Crippen MR) is 124 cm³/mol. The number of carbonyl (C=O) groups is 6. The van der Waals surface area contributed by atoms with Crippen molar-refractivity contribution in [3.8, 4) is 0 Å². The van der Waals surface area contributed by atoms with Crippen LogP contribution in [0.2, 0.25) is 0 Å². The van der Waals surface area contributed by atoms with E-state index in [0.717, 1.165) is 26.0 Å². The van der Waals surface area contributed by atoms with Crippen molar-refractivity contribution in [2.24, 2.45) is 0 Å².